The van der Waals surface area contributed by atoms with Crippen LogP contribution in [0.4, 0.5) is 11.6 Å². The Kier molecular flexibility index (Phi) is 5.39. The highest BCUT2D eigenvalue weighted by Gasteiger charge is 2.28. The van der Waals surface area contributed by atoms with Crippen molar-refractivity contribution >= 4 is 23.5 Å². The molecule has 0 aromatic carbocycles. The van der Waals surface area contributed by atoms with Crippen molar-refractivity contribution in [1.82, 2.24) is 15.3 Å². The molecule has 2 aromatic rings. The molecule has 2 N–H and O–H groups in total. The van der Waals surface area contributed by atoms with Gasteiger partial charge in [-0.05, 0) is 42.5 Å². The maximum atomic E-state index is 12.8. The fourth-order valence-corrected chi connectivity index (χ4v) is 3.28. The van der Waals surface area contributed by atoms with Crippen LogP contribution in [0.1, 0.15) is 37.0 Å². The second-order valence-corrected chi connectivity index (χ2v) is 7.35. The van der Waals surface area contributed by atoms with Crippen LogP contribution in [0.5, 0.6) is 0 Å². The number of hydrogen-bond acceptors (Lipinski definition) is 5. The van der Waals surface area contributed by atoms with E-state index >= 15 is 0 Å². The molecule has 1 saturated carbocycles. The maximum absolute atomic E-state index is 12.8. The number of rotatable bonds is 5. The Morgan fingerprint density at radius 2 is 1.89 bits per heavy atom. The van der Waals surface area contributed by atoms with E-state index in [4.69, 9.17) is 0 Å². The third-order valence-corrected chi connectivity index (χ3v) is 4.64. The molecular weight excluding hydrogens is 342 g/mol. The molecule has 0 unspecified atom stereocenters. The monoisotopic (exact) mass is 367 g/mol. The van der Waals surface area contributed by atoms with Gasteiger partial charge < -0.3 is 15.5 Å². The summed E-state index contributed by atoms with van der Waals surface area (Å²) in [4.78, 5) is 34.5. The van der Waals surface area contributed by atoms with E-state index in [1.54, 1.807) is 18.5 Å². The first-order chi connectivity index (χ1) is 12.8. The summed E-state index contributed by atoms with van der Waals surface area (Å²) < 4.78 is 0. The van der Waals surface area contributed by atoms with E-state index in [1.165, 1.54) is 6.92 Å². The van der Waals surface area contributed by atoms with Gasteiger partial charge in [-0.3, -0.25) is 9.59 Å². The fourth-order valence-electron chi connectivity index (χ4n) is 3.28. The van der Waals surface area contributed by atoms with E-state index < -0.39 is 0 Å². The standard InChI is InChI=1S/C20H25N5O2/c1-12-7-16(8-12)24-20(27)17-9-15(11-22-19(17)25(3)4)14-5-6-21-18(10-14)23-13(2)26/h5-6,9-12,16H,7-8H2,1-4H3,(H,24,27)(H,21,23,26). The van der Waals surface area contributed by atoms with Crippen molar-refractivity contribution in [1.29, 1.82) is 0 Å². The van der Waals surface area contributed by atoms with Crippen molar-refractivity contribution in [2.24, 2.45) is 5.92 Å². The van der Waals surface area contributed by atoms with E-state index in [9.17, 15) is 9.59 Å². The number of anilines is 2. The number of aromatic nitrogens is 2. The zero-order valence-electron chi connectivity index (χ0n) is 16.1. The largest absolute Gasteiger partial charge is 0.362 e. The molecule has 1 fully saturated rings. The van der Waals surface area contributed by atoms with Crippen LogP contribution in [-0.4, -0.2) is 41.9 Å². The van der Waals surface area contributed by atoms with Gasteiger partial charge in [-0.25, -0.2) is 9.97 Å². The second-order valence-electron chi connectivity index (χ2n) is 7.35. The minimum absolute atomic E-state index is 0.110. The highest BCUT2D eigenvalue weighted by molar-refractivity contribution is 6.00. The quantitative estimate of drug-likeness (QED) is 0.848. The molecule has 0 bridgehead atoms. The van der Waals surface area contributed by atoms with E-state index in [2.05, 4.69) is 27.5 Å². The van der Waals surface area contributed by atoms with Gasteiger partial charge in [0.15, 0.2) is 0 Å². The Hall–Kier alpha value is -2.96. The summed E-state index contributed by atoms with van der Waals surface area (Å²) >= 11 is 0. The molecular formula is C20H25N5O2. The number of nitrogens with one attached hydrogen (secondary N) is 2. The third-order valence-electron chi connectivity index (χ3n) is 4.64. The molecule has 2 amide bonds. The van der Waals surface area contributed by atoms with Gasteiger partial charge in [0.25, 0.3) is 5.91 Å². The first-order valence-corrected chi connectivity index (χ1v) is 9.05. The van der Waals surface area contributed by atoms with Crippen molar-refractivity contribution in [3.05, 3.63) is 36.2 Å². The van der Waals surface area contributed by atoms with Crippen molar-refractivity contribution in [3.8, 4) is 11.1 Å². The van der Waals surface area contributed by atoms with Gasteiger partial charge in [-0.1, -0.05) is 6.92 Å². The lowest BCUT2D eigenvalue weighted by Crippen LogP contribution is -2.43. The molecule has 7 nitrogen and oxygen atoms in total. The predicted octanol–water partition coefficient (Wildman–Crippen LogP) is 2.70. The molecule has 0 aliphatic heterocycles. The average Bonchev–Trinajstić information content (AvgIpc) is 2.59. The Balaban J connectivity index is 1.91. The topological polar surface area (TPSA) is 87.2 Å². The summed E-state index contributed by atoms with van der Waals surface area (Å²) in [6.07, 6.45) is 5.38. The molecule has 1 aliphatic carbocycles. The lowest BCUT2D eigenvalue weighted by Gasteiger charge is -2.33. The molecule has 27 heavy (non-hydrogen) atoms. The number of hydrogen-bond donors (Lipinski definition) is 2. The van der Waals surface area contributed by atoms with Gasteiger partial charge in [-0.2, -0.15) is 0 Å². The minimum atomic E-state index is -0.185. The highest BCUT2D eigenvalue weighted by Crippen LogP contribution is 2.29. The average molecular weight is 367 g/mol. The number of nitrogens with zero attached hydrogens (tertiary/aromatic N) is 3. The van der Waals surface area contributed by atoms with Gasteiger partial charge in [-0.15, -0.1) is 0 Å². The first kappa shape index (κ1) is 18.8. The molecule has 0 saturated heterocycles. The molecule has 142 valence electrons. The summed E-state index contributed by atoms with van der Waals surface area (Å²) in [7, 11) is 3.73. The number of carbonyl (C=O) groups is 2. The van der Waals surface area contributed by atoms with E-state index in [0.29, 0.717) is 23.1 Å². The summed E-state index contributed by atoms with van der Waals surface area (Å²) in [5.74, 6) is 1.46. The van der Waals surface area contributed by atoms with Crippen LogP contribution in [0.2, 0.25) is 0 Å². The van der Waals surface area contributed by atoms with Crippen LogP contribution >= 0.6 is 0 Å². The molecule has 7 heteroatoms. The van der Waals surface area contributed by atoms with Crippen molar-refractivity contribution in [3.63, 3.8) is 0 Å². The molecule has 3 rings (SSSR count). The summed E-state index contributed by atoms with van der Waals surface area (Å²) in [5.41, 5.74) is 2.16. The van der Waals surface area contributed by atoms with Gasteiger partial charge in [0, 0.05) is 45.0 Å². The van der Waals surface area contributed by atoms with Crippen LogP contribution in [0.15, 0.2) is 30.6 Å². The maximum Gasteiger partial charge on any atom is 0.255 e. The lowest BCUT2D eigenvalue weighted by molar-refractivity contribution is -0.114. The van der Waals surface area contributed by atoms with Crippen LogP contribution < -0.4 is 15.5 Å². The van der Waals surface area contributed by atoms with E-state index in [1.807, 2.05) is 31.1 Å². The number of amides is 2. The smallest absolute Gasteiger partial charge is 0.255 e. The van der Waals surface area contributed by atoms with Crippen molar-refractivity contribution in [2.45, 2.75) is 32.7 Å². The lowest BCUT2D eigenvalue weighted by atomic mass is 9.82. The van der Waals surface area contributed by atoms with E-state index in [-0.39, 0.29) is 17.9 Å². The highest BCUT2D eigenvalue weighted by atomic mass is 16.2. The number of pyridine rings is 2. The van der Waals surface area contributed by atoms with Gasteiger partial charge in [0.1, 0.15) is 11.6 Å². The summed E-state index contributed by atoms with van der Waals surface area (Å²) in [6, 6.07) is 5.67. The Bertz CT molecular complexity index is 859. The molecule has 2 aromatic heterocycles. The molecule has 0 spiro atoms. The minimum Gasteiger partial charge on any atom is -0.362 e. The van der Waals surface area contributed by atoms with Gasteiger partial charge in [0.05, 0.1) is 5.56 Å². The summed E-state index contributed by atoms with van der Waals surface area (Å²) in [5, 5.41) is 5.77. The Morgan fingerprint density at radius 3 is 2.52 bits per heavy atom. The number of carbonyl (C=O) groups excluding carboxylic acids is 2. The van der Waals surface area contributed by atoms with Gasteiger partial charge in [0.2, 0.25) is 5.91 Å². The zero-order valence-corrected chi connectivity index (χ0v) is 16.1. The zero-order chi connectivity index (χ0) is 19.6. The van der Waals surface area contributed by atoms with Crippen molar-refractivity contribution in [2.75, 3.05) is 24.3 Å². The van der Waals surface area contributed by atoms with Crippen LogP contribution in [-0.2, 0) is 4.79 Å². The first-order valence-electron chi connectivity index (χ1n) is 9.05. The Morgan fingerprint density at radius 1 is 1.15 bits per heavy atom. The second kappa shape index (κ2) is 7.73. The fraction of sp³-hybridized carbons (Fsp3) is 0.400. The van der Waals surface area contributed by atoms with Crippen LogP contribution in [0, 0.1) is 5.92 Å². The van der Waals surface area contributed by atoms with E-state index in [0.717, 1.165) is 24.0 Å². The molecule has 0 radical (unpaired) electrons. The molecule has 1 aliphatic rings. The normalized spacial score (nSPS) is 18.4. The predicted molar refractivity (Wildman–Crippen MR) is 106 cm³/mol. The van der Waals surface area contributed by atoms with Crippen LogP contribution in [0.25, 0.3) is 11.1 Å². The summed E-state index contributed by atoms with van der Waals surface area (Å²) in [6.45, 7) is 3.62. The van der Waals surface area contributed by atoms with Crippen LogP contribution in [0.3, 0.4) is 0 Å². The molecule has 0 atom stereocenters. The SMILES string of the molecule is CC(=O)Nc1cc(-c2cnc(N(C)C)c(C(=O)NC3CC(C)C3)c2)ccn1. The van der Waals surface area contributed by atoms with Gasteiger partial charge >= 0.3 is 0 Å². The third kappa shape index (κ3) is 4.42. The molecule has 2 heterocycles. The van der Waals surface area contributed by atoms with Crippen molar-refractivity contribution < 1.29 is 9.59 Å². The Labute approximate surface area is 159 Å².